The van der Waals surface area contributed by atoms with Crippen LogP contribution in [0.5, 0.6) is 0 Å². The number of amides is 3. The summed E-state index contributed by atoms with van der Waals surface area (Å²) in [5.41, 5.74) is -0.497. The van der Waals surface area contributed by atoms with Gasteiger partial charge in [0, 0.05) is 5.56 Å². The van der Waals surface area contributed by atoms with Crippen LogP contribution >= 0.6 is 0 Å². The number of imide groups is 1. The van der Waals surface area contributed by atoms with Crippen LogP contribution in [0.3, 0.4) is 0 Å². The molecule has 1 aliphatic rings. The average molecular weight is 266 g/mol. The Morgan fingerprint density at radius 1 is 1.47 bits per heavy atom. The van der Waals surface area contributed by atoms with E-state index in [2.05, 4.69) is 5.32 Å². The molecule has 1 saturated heterocycles. The summed E-state index contributed by atoms with van der Waals surface area (Å²) in [5.74, 6) is -1.47. The number of aromatic carboxylic acids is 1. The van der Waals surface area contributed by atoms with Gasteiger partial charge in [-0.1, -0.05) is 0 Å². The highest BCUT2D eigenvalue weighted by Gasteiger charge is 2.44. The van der Waals surface area contributed by atoms with Gasteiger partial charge in [0.25, 0.3) is 5.91 Å². The minimum Gasteiger partial charge on any atom is -0.475 e. The standard InChI is InChI=1S/C12H14N2O5/c1-6-4-7(19-8(6)9(15)16)5-14-10(17)12(2,3)13-11(14)18/h4H,5H2,1-3H3,(H,13,18)(H,15,16). The first-order valence-electron chi connectivity index (χ1n) is 5.69. The van der Waals surface area contributed by atoms with Crippen LogP contribution in [0.15, 0.2) is 10.5 Å². The van der Waals surface area contributed by atoms with Crippen molar-refractivity contribution in [1.82, 2.24) is 10.2 Å². The number of carbonyl (C=O) groups excluding carboxylic acids is 2. The summed E-state index contributed by atoms with van der Waals surface area (Å²) in [6.07, 6.45) is 0. The Hall–Kier alpha value is -2.31. The third-order valence-corrected chi connectivity index (χ3v) is 2.92. The van der Waals surface area contributed by atoms with Crippen molar-refractivity contribution in [3.8, 4) is 0 Å². The maximum Gasteiger partial charge on any atom is 0.372 e. The second kappa shape index (κ2) is 4.11. The summed E-state index contributed by atoms with van der Waals surface area (Å²) < 4.78 is 5.13. The molecule has 19 heavy (non-hydrogen) atoms. The highest BCUT2D eigenvalue weighted by Crippen LogP contribution is 2.21. The van der Waals surface area contributed by atoms with Gasteiger partial charge in [0.05, 0.1) is 6.54 Å². The van der Waals surface area contributed by atoms with E-state index in [-0.39, 0.29) is 24.0 Å². The molecule has 0 bridgehead atoms. The number of carboxylic acids is 1. The first kappa shape index (κ1) is 13.1. The Morgan fingerprint density at radius 2 is 2.11 bits per heavy atom. The van der Waals surface area contributed by atoms with Crippen molar-refractivity contribution in [2.45, 2.75) is 32.9 Å². The maximum atomic E-state index is 12.0. The van der Waals surface area contributed by atoms with Crippen molar-refractivity contribution in [2.24, 2.45) is 0 Å². The van der Waals surface area contributed by atoms with Crippen molar-refractivity contribution < 1.29 is 23.9 Å². The Labute approximate surface area is 109 Å². The average Bonchev–Trinajstić information content (AvgIpc) is 2.73. The molecule has 0 saturated carbocycles. The molecule has 102 valence electrons. The van der Waals surface area contributed by atoms with Gasteiger partial charge in [-0.2, -0.15) is 0 Å². The van der Waals surface area contributed by atoms with E-state index in [1.54, 1.807) is 20.8 Å². The molecule has 0 atom stereocenters. The number of aryl methyl sites for hydroxylation is 1. The van der Waals surface area contributed by atoms with E-state index >= 15 is 0 Å². The van der Waals surface area contributed by atoms with Crippen molar-refractivity contribution in [3.05, 3.63) is 23.2 Å². The number of carbonyl (C=O) groups is 3. The maximum absolute atomic E-state index is 12.0. The van der Waals surface area contributed by atoms with Crippen LogP contribution in [0.2, 0.25) is 0 Å². The molecule has 2 rings (SSSR count). The second-order valence-electron chi connectivity index (χ2n) is 4.98. The SMILES string of the molecule is Cc1cc(CN2C(=O)NC(C)(C)C2=O)oc1C(=O)O. The Kier molecular flexibility index (Phi) is 2.84. The highest BCUT2D eigenvalue weighted by molar-refractivity contribution is 6.06. The molecule has 1 fully saturated rings. The zero-order chi connectivity index (χ0) is 14.4. The quantitative estimate of drug-likeness (QED) is 0.798. The number of carboxylic acid groups (broad SMARTS) is 1. The van der Waals surface area contributed by atoms with Gasteiger partial charge in [-0.05, 0) is 26.8 Å². The smallest absolute Gasteiger partial charge is 0.372 e. The lowest BCUT2D eigenvalue weighted by molar-refractivity contribution is -0.130. The van der Waals surface area contributed by atoms with Gasteiger partial charge < -0.3 is 14.8 Å². The second-order valence-corrected chi connectivity index (χ2v) is 4.98. The van der Waals surface area contributed by atoms with Crippen LogP contribution in [0, 0.1) is 6.92 Å². The van der Waals surface area contributed by atoms with Crippen molar-refractivity contribution in [2.75, 3.05) is 0 Å². The predicted octanol–water partition coefficient (Wildman–Crippen LogP) is 1.12. The topological polar surface area (TPSA) is 99.9 Å². The van der Waals surface area contributed by atoms with E-state index in [0.717, 1.165) is 4.90 Å². The molecule has 7 nitrogen and oxygen atoms in total. The molecule has 2 N–H and O–H groups in total. The van der Waals surface area contributed by atoms with Crippen LogP contribution in [-0.4, -0.2) is 33.5 Å². The Bertz CT molecular complexity index is 573. The molecule has 3 amide bonds. The van der Waals surface area contributed by atoms with Crippen LogP contribution in [0.25, 0.3) is 0 Å². The lowest BCUT2D eigenvalue weighted by atomic mass is 10.1. The summed E-state index contributed by atoms with van der Waals surface area (Å²) in [5, 5.41) is 11.4. The molecule has 0 aromatic carbocycles. The molecule has 1 aliphatic heterocycles. The predicted molar refractivity (Wildman–Crippen MR) is 63.6 cm³/mol. The Morgan fingerprint density at radius 3 is 2.53 bits per heavy atom. The third kappa shape index (κ3) is 2.18. The fourth-order valence-corrected chi connectivity index (χ4v) is 1.96. The highest BCUT2D eigenvalue weighted by atomic mass is 16.4. The molecular weight excluding hydrogens is 252 g/mol. The van der Waals surface area contributed by atoms with E-state index in [0.29, 0.717) is 5.56 Å². The summed E-state index contributed by atoms with van der Waals surface area (Å²) in [6, 6.07) is 0.996. The van der Waals surface area contributed by atoms with Crippen molar-refractivity contribution in [1.29, 1.82) is 0 Å². The number of furan rings is 1. The third-order valence-electron chi connectivity index (χ3n) is 2.92. The van der Waals surface area contributed by atoms with Gasteiger partial charge in [0.15, 0.2) is 0 Å². The largest absolute Gasteiger partial charge is 0.475 e. The van der Waals surface area contributed by atoms with Gasteiger partial charge in [0.2, 0.25) is 5.76 Å². The molecule has 0 radical (unpaired) electrons. The lowest BCUT2D eigenvalue weighted by Crippen LogP contribution is -2.40. The van der Waals surface area contributed by atoms with E-state index in [1.165, 1.54) is 6.07 Å². The van der Waals surface area contributed by atoms with E-state index in [4.69, 9.17) is 9.52 Å². The Balaban J connectivity index is 2.23. The van der Waals surface area contributed by atoms with E-state index in [1.807, 2.05) is 0 Å². The summed E-state index contributed by atoms with van der Waals surface area (Å²) in [4.78, 5) is 35.5. The van der Waals surface area contributed by atoms with Gasteiger partial charge in [-0.25, -0.2) is 9.59 Å². The van der Waals surface area contributed by atoms with Crippen LogP contribution in [0.1, 0.15) is 35.7 Å². The molecular formula is C12H14N2O5. The lowest BCUT2D eigenvalue weighted by Gasteiger charge is -2.14. The van der Waals surface area contributed by atoms with Crippen LogP contribution in [0.4, 0.5) is 4.79 Å². The fraction of sp³-hybridized carbons (Fsp3) is 0.417. The molecule has 7 heteroatoms. The van der Waals surface area contributed by atoms with E-state index < -0.39 is 17.5 Å². The monoisotopic (exact) mass is 266 g/mol. The van der Waals surface area contributed by atoms with Gasteiger partial charge in [-0.15, -0.1) is 0 Å². The molecule has 0 spiro atoms. The number of urea groups is 1. The zero-order valence-electron chi connectivity index (χ0n) is 10.8. The number of rotatable bonds is 3. The summed E-state index contributed by atoms with van der Waals surface area (Å²) >= 11 is 0. The number of hydrogen-bond donors (Lipinski definition) is 2. The van der Waals surface area contributed by atoms with Crippen LogP contribution < -0.4 is 5.32 Å². The molecule has 1 aromatic rings. The molecule has 0 unspecified atom stereocenters. The minimum atomic E-state index is -1.18. The molecule has 2 heterocycles. The van der Waals surface area contributed by atoms with Gasteiger partial charge in [-0.3, -0.25) is 9.69 Å². The number of nitrogens with one attached hydrogen (secondary N) is 1. The van der Waals surface area contributed by atoms with Gasteiger partial charge in [0.1, 0.15) is 11.3 Å². The van der Waals surface area contributed by atoms with Crippen LogP contribution in [-0.2, 0) is 11.3 Å². The first-order valence-corrected chi connectivity index (χ1v) is 5.69. The fourth-order valence-electron chi connectivity index (χ4n) is 1.96. The molecule has 0 aliphatic carbocycles. The van der Waals surface area contributed by atoms with E-state index in [9.17, 15) is 14.4 Å². The summed E-state index contributed by atoms with van der Waals surface area (Å²) in [6.45, 7) is 4.71. The minimum absolute atomic E-state index is 0.0811. The summed E-state index contributed by atoms with van der Waals surface area (Å²) in [7, 11) is 0. The van der Waals surface area contributed by atoms with Crippen molar-refractivity contribution >= 4 is 17.9 Å². The van der Waals surface area contributed by atoms with Crippen molar-refractivity contribution in [3.63, 3.8) is 0 Å². The molecule has 1 aromatic heterocycles. The van der Waals surface area contributed by atoms with Gasteiger partial charge >= 0.3 is 12.0 Å². The number of hydrogen-bond acceptors (Lipinski definition) is 4. The number of nitrogens with zero attached hydrogens (tertiary/aromatic N) is 1. The zero-order valence-corrected chi connectivity index (χ0v) is 10.8. The first-order chi connectivity index (χ1) is 8.72. The normalized spacial score (nSPS) is 17.7.